The average Bonchev–Trinajstić information content (AvgIpc) is 2.78. The van der Waals surface area contributed by atoms with Crippen LogP contribution in [0.1, 0.15) is 31.9 Å². The van der Waals surface area contributed by atoms with Crippen LogP contribution in [0.3, 0.4) is 0 Å². The maximum Gasteiger partial charge on any atom is 0.239 e. The van der Waals surface area contributed by atoms with Crippen LogP contribution < -0.4 is 5.32 Å². The first-order chi connectivity index (χ1) is 9.15. The van der Waals surface area contributed by atoms with E-state index in [1.165, 1.54) is 0 Å². The average molecular weight is 269 g/mol. The van der Waals surface area contributed by atoms with Crippen molar-refractivity contribution in [3.63, 3.8) is 0 Å². The summed E-state index contributed by atoms with van der Waals surface area (Å²) in [5.41, 5.74) is 0. The van der Waals surface area contributed by atoms with Gasteiger partial charge in [-0.15, -0.1) is 0 Å². The van der Waals surface area contributed by atoms with Crippen molar-refractivity contribution in [2.75, 3.05) is 31.6 Å². The van der Waals surface area contributed by atoms with E-state index >= 15 is 0 Å². The molecule has 6 heteroatoms. The van der Waals surface area contributed by atoms with E-state index in [9.17, 15) is 4.79 Å². The first kappa shape index (κ1) is 15.7. The summed E-state index contributed by atoms with van der Waals surface area (Å²) >= 11 is 0. The number of anilines is 1. The molecule has 0 atom stereocenters. The normalized spacial score (nSPS) is 10.9. The Hall–Kier alpha value is -1.40. The molecule has 0 fully saturated rings. The number of rotatable bonds is 9. The van der Waals surface area contributed by atoms with Crippen LogP contribution in [-0.4, -0.2) is 47.3 Å². The molecule has 108 valence electrons. The highest BCUT2D eigenvalue weighted by atomic mass is 16.5. The third kappa shape index (κ3) is 6.35. The lowest BCUT2D eigenvalue weighted by atomic mass is 10.3. The van der Waals surface area contributed by atoms with Gasteiger partial charge in [0, 0.05) is 19.2 Å². The van der Waals surface area contributed by atoms with Gasteiger partial charge in [-0.05, 0) is 26.3 Å². The van der Waals surface area contributed by atoms with Gasteiger partial charge in [-0.3, -0.25) is 9.69 Å². The lowest BCUT2D eigenvalue weighted by Gasteiger charge is -2.20. The molecule has 0 radical (unpaired) electrons. The fourth-order valence-electron chi connectivity index (χ4n) is 1.76. The molecule has 1 aromatic rings. The van der Waals surface area contributed by atoms with Crippen LogP contribution in [0.25, 0.3) is 0 Å². The zero-order valence-corrected chi connectivity index (χ0v) is 11.7. The molecule has 1 heterocycles. The van der Waals surface area contributed by atoms with Crippen molar-refractivity contribution >= 4 is 11.7 Å². The molecule has 1 amide bonds. The molecule has 0 spiro atoms. The Morgan fingerprint density at radius 2 is 2.21 bits per heavy atom. The number of unbranched alkanes of at least 4 members (excludes halogenated alkanes) is 1. The Labute approximate surface area is 113 Å². The quantitative estimate of drug-likeness (QED) is 0.708. The number of hydrogen-bond donors (Lipinski definition) is 2. The highest BCUT2D eigenvalue weighted by Crippen LogP contribution is 2.07. The molecular formula is C13H23N3O3. The maximum absolute atomic E-state index is 11.9. The van der Waals surface area contributed by atoms with E-state index in [0.29, 0.717) is 24.5 Å². The second kappa shape index (κ2) is 8.66. The minimum absolute atomic E-state index is 0.109. The van der Waals surface area contributed by atoms with Gasteiger partial charge in [0.15, 0.2) is 5.82 Å². The van der Waals surface area contributed by atoms with Crippen molar-refractivity contribution < 1.29 is 14.4 Å². The van der Waals surface area contributed by atoms with E-state index in [0.717, 1.165) is 25.9 Å². The second-order valence-electron chi connectivity index (χ2n) is 4.58. The highest BCUT2D eigenvalue weighted by molar-refractivity contribution is 5.91. The third-order valence-corrected chi connectivity index (χ3v) is 2.72. The first-order valence-electron chi connectivity index (χ1n) is 6.72. The Kier molecular flexibility index (Phi) is 7.14. The van der Waals surface area contributed by atoms with Crippen molar-refractivity contribution in [3.8, 4) is 0 Å². The van der Waals surface area contributed by atoms with Crippen molar-refractivity contribution in [1.82, 2.24) is 10.1 Å². The number of aliphatic hydroxyl groups excluding tert-OH is 1. The molecule has 0 saturated heterocycles. The monoisotopic (exact) mass is 269 g/mol. The van der Waals surface area contributed by atoms with E-state index in [-0.39, 0.29) is 12.5 Å². The SMILES string of the molecule is CCCCN(CCCO)CC(=O)Nc1cc(C)on1. The molecule has 0 saturated carbocycles. The Balaban J connectivity index is 2.40. The highest BCUT2D eigenvalue weighted by Gasteiger charge is 2.11. The van der Waals surface area contributed by atoms with Gasteiger partial charge in [-0.1, -0.05) is 18.5 Å². The minimum Gasteiger partial charge on any atom is -0.396 e. The number of aromatic nitrogens is 1. The third-order valence-electron chi connectivity index (χ3n) is 2.72. The fourth-order valence-corrected chi connectivity index (χ4v) is 1.76. The number of aryl methyl sites for hydroxylation is 1. The molecule has 0 aliphatic rings. The Morgan fingerprint density at radius 3 is 2.79 bits per heavy atom. The van der Waals surface area contributed by atoms with Crippen LogP contribution >= 0.6 is 0 Å². The summed E-state index contributed by atoms with van der Waals surface area (Å²) in [4.78, 5) is 13.9. The van der Waals surface area contributed by atoms with E-state index in [1.807, 2.05) is 4.90 Å². The van der Waals surface area contributed by atoms with Gasteiger partial charge in [-0.25, -0.2) is 0 Å². The van der Waals surface area contributed by atoms with Crippen LogP contribution in [0.4, 0.5) is 5.82 Å². The van der Waals surface area contributed by atoms with Gasteiger partial charge >= 0.3 is 0 Å². The number of nitrogens with one attached hydrogen (secondary N) is 1. The van der Waals surface area contributed by atoms with Crippen LogP contribution in [0.2, 0.25) is 0 Å². The summed E-state index contributed by atoms with van der Waals surface area (Å²) in [6.45, 7) is 5.93. The molecule has 1 aromatic heterocycles. The Bertz CT molecular complexity index is 371. The summed E-state index contributed by atoms with van der Waals surface area (Å²) in [7, 11) is 0. The minimum atomic E-state index is -0.109. The molecule has 1 rings (SSSR count). The zero-order valence-electron chi connectivity index (χ0n) is 11.7. The largest absolute Gasteiger partial charge is 0.396 e. The maximum atomic E-state index is 11.9. The van der Waals surface area contributed by atoms with Crippen molar-refractivity contribution in [2.45, 2.75) is 33.1 Å². The summed E-state index contributed by atoms with van der Waals surface area (Å²) in [5.74, 6) is 1.00. The number of nitrogens with zero attached hydrogens (tertiary/aromatic N) is 2. The molecule has 0 aliphatic heterocycles. The summed E-state index contributed by atoms with van der Waals surface area (Å²) < 4.78 is 4.89. The Morgan fingerprint density at radius 1 is 1.47 bits per heavy atom. The second-order valence-corrected chi connectivity index (χ2v) is 4.58. The molecule has 0 aliphatic carbocycles. The van der Waals surface area contributed by atoms with Crippen LogP contribution in [0.5, 0.6) is 0 Å². The van der Waals surface area contributed by atoms with Gasteiger partial charge < -0.3 is 14.9 Å². The summed E-state index contributed by atoms with van der Waals surface area (Å²) in [5, 5.41) is 15.3. The standard InChI is InChI=1S/C13H23N3O3/c1-3-4-6-16(7-5-8-17)10-13(18)14-12-9-11(2)19-15-12/h9,17H,3-8,10H2,1-2H3,(H,14,15,18). The molecular weight excluding hydrogens is 246 g/mol. The number of carbonyl (C=O) groups is 1. The van der Waals surface area contributed by atoms with E-state index in [4.69, 9.17) is 9.63 Å². The van der Waals surface area contributed by atoms with Gasteiger partial charge in [0.25, 0.3) is 0 Å². The van der Waals surface area contributed by atoms with Gasteiger partial charge in [0.2, 0.25) is 5.91 Å². The molecule has 0 aromatic carbocycles. The predicted molar refractivity (Wildman–Crippen MR) is 72.9 cm³/mol. The van der Waals surface area contributed by atoms with E-state index < -0.39 is 0 Å². The van der Waals surface area contributed by atoms with Crippen molar-refractivity contribution in [3.05, 3.63) is 11.8 Å². The number of aliphatic hydroxyl groups is 1. The van der Waals surface area contributed by atoms with E-state index in [2.05, 4.69) is 17.4 Å². The molecule has 6 nitrogen and oxygen atoms in total. The van der Waals surface area contributed by atoms with Crippen molar-refractivity contribution in [2.24, 2.45) is 0 Å². The molecule has 2 N–H and O–H groups in total. The van der Waals surface area contributed by atoms with Gasteiger partial charge in [-0.2, -0.15) is 0 Å². The molecule has 19 heavy (non-hydrogen) atoms. The van der Waals surface area contributed by atoms with Gasteiger partial charge in [0.1, 0.15) is 5.76 Å². The predicted octanol–water partition coefficient (Wildman–Crippen LogP) is 1.41. The van der Waals surface area contributed by atoms with Crippen LogP contribution in [-0.2, 0) is 4.79 Å². The van der Waals surface area contributed by atoms with Crippen molar-refractivity contribution in [1.29, 1.82) is 0 Å². The smallest absolute Gasteiger partial charge is 0.239 e. The van der Waals surface area contributed by atoms with Crippen LogP contribution in [0.15, 0.2) is 10.6 Å². The van der Waals surface area contributed by atoms with Crippen LogP contribution in [0, 0.1) is 6.92 Å². The molecule has 0 unspecified atom stereocenters. The lowest BCUT2D eigenvalue weighted by Crippen LogP contribution is -2.35. The zero-order chi connectivity index (χ0) is 14.1. The number of carbonyl (C=O) groups excluding carboxylic acids is 1. The number of hydrogen-bond acceptors (Lipinski definition) is 5. The molecule has 0 bridgehead atoms. The van der Waals surface area contributed by atoms with Gasteiger partial charge in [0.05, 0.1) is 6.54 Å². The fraction of sp³-hybridized carbons (Fsp3) is 0.692. The first-order valence-corrected chi connectivity index (χ1v) is 6.72. The summed E-state index contributed by atoms with van der Waals surface area (Å²) in [6, 6.07) is 1.68. The topological polar surface area (TPSA) is 78.6 Å². The summed E-state index contributed by atoms with van der Waals surface area (Å²) in [6.07, 6.45) is 2.81. The lowest BCUT2D eigenvalue weighted by molar-refractivity contribution is -0.117. The van der Waals surface area contributed by atoms with E-state index in [1.54, 1.807) is 13.0 Å². The number of amides is 1.